The van der Waals surface area contributed by atoms with Gasteiger partial charge in [0, 0.05) is 19.5 Å². The van der Waals surface area contributed by atoms with Crippen LogP contribution in [0.5, 0.6) is 0 Å². The average molecular weight is 328 g/mol. The molecule has 130 valence electrons. The molecule has 1 saturated heterocycles. The van der Waals surface area contributed by atoms with E-state index in [0.29, 0.717) is 18.9 Å². The third-order valence-electron chi connectivity index (χ3n) is 5.57. The van der Waals surface area contributed by atoms with Gasteiger partial charge in [-0.05, 0) is 31.7 Å². The highest BCUT2D eigenvalue weighted by Crippen LogP contribution is 2.36. The molecule has 2 fully saturated rings. The van der Waals surface area contributed by atoms with Gasteiger partial charge in [-0.25, -0.2) is 0 Å². The van der Waals surface area contributed by atoms with Gasteiger partial charge < -0.3 is 10.2 Å². The van der Waals surface area contributed by atoms with E-state index < -0.39 is 0 Å². The van der Waals surface area contributed by atoms with Crippen molar-refractivity contribution in [2.75, 3.05) is 7.05 Å². The number of carbonyl (C=O) groups is 2. The highest BCUT2D eigenvalue weighted by Gasteiger charge is 2.39. The first-order chi connectivity index (χ1) is 11.6. The summed E-state index contributed by atoms with van der Waals surface area (Å²) in [6.45, 7) is 2.05. The number of carbonyl (C=O) groups excluding carboxylic acids is 2. The van der Waals surface area contributed by atoms with Gasteiger partial charge >= 0.3 is 0 Å². The second-order valence-corrected chi connectivity index (χ2v) is 7.35. The predicted octanol–water partition coefficient (Wildman–Crippen LogP) is 3.35. The first-order valence-electron chi connectivity index (χ1n) is 9.19. The van der Waals surface area contributed by atoms with Crippen molar-refractivity contribution < 1.29 is 9.59 Å². The lowest BCUT2D eigenvalue weighted by atomic mass is 9.83. The molecule has 1 aliphatic carbocycles. The molecule has 4 heteroatoms. The fourth-order valence-electron chi connectivity index (χ4n) is 4.09. The van der Waals surface area contributed by atoms with Gasteiger partial charge in [-0.2, -0.15) is 0 Å². The van der Waals surface area contributed by atoms with E-state index in [0.717, 1.165) is 18.4 Å². The van der Waals surface area contributed by atoms with Gasteiger partial charge in [-0.3, -0.25) is 9.59 Å². The lowest BCUT2D eigenvalue weighted by molar-refractivity contribution is -0.142. The maximum atomic E-state index is 12.9. The molecule has 0 bridgehead atoms. The number of hydrogen-bond acceptors (Lipinski definition) is 2. The molecule has 0 aromatic heterocycles. The van der Waals surface area contributed by atoms with Crippen molar-refractivity contribution in [1.82, 2.24) is 10.2 Å². The highest BCUT2D eigenvalue weighted by atomic mass is 16.2. The molecule has 4 nitrogen and oxygen atoms in total. The summed E-state index contributed by atoms with van der Waals surface area (Å²) in [5, 5.41) is 3.26. The quantitative estimate of drug-likeness (QED) is 0.925. The summed E-state index contributed by atoms with van der Waals surface area (Å²) < 4.78 is 0. The van der Waals surface area contributed by atoms with Crippen molar-refractivity contribution in [1.29, 1.82) is 0 Å². The molecule has 3 rings (SSSR count). The summed E-state index contributed by atoms with van der Waals surface area (Å²) in [5.74, 6) is 0.0893. The van der Waals surface area contributed by atoms with Crippen LogP contribution < -0.4 is 5.32 Å². The number of piperidine rings is 1. The van der Waals surface area contributed by atoms with E-state index in [9.17, 15) is 9.59 Å². The van der Waals surface area contributed by atoms with Crippen molar-refractivity contribution >= 4 is 11.8 Å². The highest BCUT2D eigenvalue weighted by molar-refractivity contribution is 5.85. The maximum Gasteiger partial charge on any atom is 0.225 e. The summed E-state index contributed by atoms with van der Waals surface area (Å²) in [4.78, 5) is 26.9. The molecule has 2 amide bonds. The molecule has 2 atom stereocenters. The Hall–Kier alpha value is -1.84. The Morgan fingerprint density at radius 2 is 1.75 bits per heavy atom. The van der Waals surface area contributed by atoms with Gasteiger partial charge in [-0.15, -0.1) is 0 Å². The number of amides is 2. The SMILES string of the molecule is Cc1ccc([C@H]2[C@H](C(=O)NC3CCCCC3)CCC(=O)N2C)cc1. The molecule has 1 aromatic rings. The van der Waals surface area contributed by atoms with E-state index in [-0.39, 0.29) is 23.8 Å². The monoisotopic (exact) mass is 328 g/mol. The van der Waals surface area contributed by atoms with Crippen LogP contribution in [0.15, 0.2) is 24.3 Å². The van der Waals surface area contributed by atoms with Crippen LogP contribution in [0.2, 0.25) is 0 Å². The normalized spacial score (nSPS) is 25.6. The molecule has 24 heavy (non-hydrogen) atoms. The maximum absolute atomic E-state index is 12.9. The molecular formula is C20H28N2O2. The summed E-state index contributed by atoms with van der Waals surface area (Å²) in [6, 6.07) is 8.37. The third-order valence-corrected chi connectivity index (χ3v) is 5.57. The molecule has 2 aliphatic rings. The van der Waals surface area contributed by atoms with Gasteiger partial charge in [0.2, 0.25) is 11.8 Å². The molecule has 1 aromatic carbocycles. The van der Waals surface area contributed by atoms with Crippen molar-refractivity contribution in [2.45, 2.75) is 64.0 Å². The molecule has 0 spiro atoms. The lowest BCUT2D eigenvalue weighted by Gasteiger charge is -2.39. The van der Waals surface area contributed by atoms with Gasteiger partial charge in [0.25, 0.3) is 0 Å². The predicted molar refractivity (Wildman–Crippen MR) is 94.4 cm³/mol. The fraction of sp³-hybridized carbons (Fsp3) is 0.600. The van der Waals surface area contributed by atoms with Crippen LogP contribution in [0, 0.1) is 12.8 Å². The summed E-state index contributed by atoms with van der Waals surface area (Å²) in [5.41, 5.74) is 2.24. The number of nitrogens with one attached hydrogen (secondary N) is 1. The molecule has 1 saturated carbocycles. The van der Waals surface area contributed by atoms with Crippen LogP contribution in [-0.4, -0.2) is 29.8 Å². The largest absolute Gasteiger partial charge is 0.353 e. The van der Waals surface area contributed by atoms with E-state index in [4.69, 9.17) is 0 Å². The van der Waals surface area contributed by atoms with Crippen LogP contribution in [0.1, 0.15) is 62.1 Å². The van der Waals surface area contributed by atoms with Crippen LogP contribution in [0.25, 0.3) is 0 Å². The molecular weight excluding hydrogens is 300 g/mol. The number of nitrogens with zero attached hydrogens (tertiary/aromatic N) is 1. The number of hydrogen-bond donors (Lipinski definition) is 1. The first kappa shape index (κ1) is 17.0. The average Bonchev–Trinajstić information content (AvgIpc) is 2.59. The second kappa shape index (κ2) is 7.37. The van der Waals surface area contributed by atoms with Gasteiger partial charge in [0.05, 0.1) is 12.0 Å². The summed E-state index contributed by atoms with van der Waals surface area (Å²) in [7, 11) is 1.83. The summed E-state index contributed by atoms with van der Waals surface area (Å²) in [6.07, 6.45) is 6.95. The minimum Gasteiger partial charge on any atom is -0.353 e. The zero-order valence-electron chi connectivity index (χ0n) is 14.8. The molecule has 1 heterocycles. The van der Waals surface area contributed by atoms with E-state index in [1.165, 1.54) is 24.8 Å². The number of rotatable bonds is 3. The molecule has 0 radical (unpaired) electrons. The van der Waals surface area contributed by atoms with E-state index >= 15 is 0 Å². The first-order valence-corrected chi connectivity index (χ1v) is 9.19. The van der Waals surface area contributed by atoms with Crippen LogP contribution in [0.4, 0.5) is 0 Å². The Morgan fingerprint density at radius 3 is 2.42 bits per heavy atom. The Labute approximate surface area is 144 Å². The van der Waals surface area contributed by atoms with Gasteiger partial charge in [0.15, 0.2) is 0 Å². The number of benzene rings is 1. The van der Waals surface area contributed by atoms with Gasteiger partial charge in [-0.1, -0.05) is 49.1 Å². The van der Waals surface area contributed by atoms with Crippen molar-refractivity contribution in [3.05, 3.63) is 35.4 Å². The number of likely N-dealkylation sites (tertiary alicyclic amines) is 1. The Morgan fingerprint density at radius 1 is 1.08 bits per heavy atom. The molecule has 1 N–H and O–H groups in total. The minimum atomic E-state index is -0.157. The number of aryl methyl sites for hydroxylation is 1. The molecule has 0 unspecified atom stereocenters. The van der Waals surface area contributed by atoms with Crippen molar-refractivity contribution in [3.63, 3.8) is 0 Å². The van der Waals surface area contributed by atoms with Crippen molar-refractivity contribution in [3.8, 4) is 0 Å². The van der Waals surface area contributed by atoms with E-state index in [1.807, 2.05) is 14.0 Å². The molecule has 1 aliphatic heterocycles. The van der Waals surface area contributed by atoms with E-state index in [2.05, 4.69) is 29.6 Å². The fourth-order valence-corrected chi connectivity index (χ4v) is 4.09. The standard InChI is InChI=1S/C20H28N2O2/c1-14-8-10-15(11-9-14)19-17(12-13-18(23)22(19)2)20(24)21-16-6-4-3-5-7-16/h8-11,16-17,19H,3-7,12-13H2,1-2H3,(H,21,24)/t17-,19+/m1/s1. The van der Waals surface area contributed by atoms with Gasteiger partial charge in [0.1, 0.15) is 0 Å². The van der Waals surface area contributed by atoms with E-state index in [1.54, 1.807) is 4.90 Å². The van der Waals surface area contributed by atoms with Crippen LogP contribution in [-0.2, 0) is 9.59 Å². The Balaban J connectivity index is 1.79. The second-order valence-electron chi connectivity index (χ2n) is 7.35. The van der Waals surface area contributed by atoms with Crippen molar-refractivity contribution in [2.24, 2.45) is 5.92 Å². The smallest absolute Gasteiger partial charge is 0.225 e. The third kappa shape index (κ3) is 3.63. The summed E-state index contributed by atoms with van der Waals surface area (Å²) >= 11 is 0. The van der Waals surface area contributed by atoms with Crippen LogP contribution in [0.3, 0.4) is 0 Å². The zero-order valence-corrected chi connectivity index (χ0v) is 14.8. The topological polar surface area (TPSA) is 49.4 Å². The lowest BCUT2D eigenvalue weighted by Crippen LogP contribution is -2.48. The zero-order chi connectivity index (χ0) is 17.1. The Bertz CT molecular complexity index is 590. The Kier molecular flexibility index (Phi) is 5.22. The van der Waals surface area contributed by atoms with Crippen LogP contribution >= 0.6 is 0 Å². The minimum absolute atomic E-state index is 0.117.